The first-order chi connectivity index (χ1) is 5.75. The molecule has 0 saturated heterocycles. The van der Waals surface area contributed by atoms with Crippen LogP contribution in [0.3, 0.4) is 0 Å². The average molecular weight is 162 g/mol. The lowest BCUT2D eigenvalue weighted by Gasteiger charge is -2.13. The van der Waals surface area contributed by atoms with Crippen molar-refractivity contribution in [1.82, 2.24) is 0 Å². The van der Waals surface area contributed by atoms with E-state index < -0.39 is 0 Å². The Bertz CT molecular complexity index is 240. The van der Waals surface area contributed by atoms with Crippen LogP contribution in [0.2, 0.25) is 0 Å². The Labute approximate surface area is 73.4 Å². The van der Waals surface area contributed by atoms with Gasteiger partial charge in [0, 0.05) is 5.92 Å². The predicted octanol–water partition coefficient (Wildman–Crippen LogP) is 2.63. The van der Waals surface area contributed by atoms with Crippen LogP contribution < -0.4 is 0 Å². The van der Waals surface area contributed by atoms with Crippen molar-refractivity contribution in [2.45, 2.75) is 19.8 Å². The summed E-state index contributed by atoms with van der Waals surface area (Å²) in [5.41, 5.74) is 1.23. The summed E-state index contributed by atoms with van der Waals surface area (Å²) < 4.78 is 0. The highest BCUT2D eigenvalue weighted by atomic mass is 16.1. The third kappa shape index (κ3) is 1.94. The van der Waals surface area contributed by atoms with Gasteiger partial charge in [0.1, 0.15) is 6.29 Å². The summed E-state index contributed by atoms with van der Waals surface area (Å²) in [6.45, 7) is 4.03. The molecule has 0 radical (unpaired) electrons. The first-order valence-electron chi connectivity index (χ1n) is 4.26. The molecule has 0 unspecified atom stereocenters. The van der Waals surface area contributed by atoms with Crippen molar-refractivity contribution in [2.24, 2.45) is 5.92 Å². The summed E-state index contributed by atoms with van der Waals surface area (Å²) in [6, 6.07) is 10.1. The Morgan fingerprint density at radius 2 is 1.75 bits per heavy atom. The topological polar surface area (TPSA) is 17.1 Å². The number of carbonyl (C=O) groups is 1. The van der Waals surface area contributed by atoms with Gasteiger partial charge in [0.25, 0.3) is 0 Å². The maximum Gasteiger partial charge on any atom is 0.123 e. The minimum atomic E-state index is 0.104. The van der Waals surface area contributed by atoms with Crippen molar-refractivity contribution in [3.63, 3.8) is 0 Å². The molecule has 1 heteroatoms. The van der Waals surface area contributed by atoms with Crippen molar-refractivity contribution in [1.29, 1.82) is 0 Å². The standard InChI is InChI=1S/C11H14O/c1-9(8-12)10(2)11-6-4-3-5-7-11/h3-10H,1-2H3/t9-,10-/m1/s1. The van der Waals surface area contributed by atoms with Gasteiger partial charge >= 0.3 is 0 Å². The first-order valence-corrected chi connectivity index (χ1v) is 4.26. The number of hydrogen-bond donors (Lipinski definition) is 0. The van der Waals surface area contributed by atoms with Crippen molar-refractivity contribution >= 4 is 6.29 Å². The van der Waals surface area contributed by atoms with E-state index in [9.17, 15) is 4.79 Å². The Balaban J connectivity index is 2.78. The molecule has 0 aromatic heterocycles. The number of aldehydes is 1. The molecule has 12 heavy (non-hydrogen) atoms. The summed E-state index contributed by atoms with van der Waals surface area (Å²) in [6.07, 6.45) is 1.01. The highest BCUT2D eigenvalue weighted by molar-refractivity contribution is 5.55. The van der Waals surface area contributed by atoms with Gasteiger partial charge in [-0.25, -0.2) is 0 Å². The van der Waals surface area contributed by atoms with Gasteiger partial charge in [0.2, 0.25) is 0 Å². The molecular weight excluding hydrogens is 148 g/mol. The van der Waals surface area contributed by atoms with Gasteiger partial charge in [-0.15, -0.1) is 0 Å². The van der Waals surface area contributed by atoms with Gasteiger partial charge in [0.15, 0.2) is 0 Å². The fourth-order valence-electron chi connectivity index (χ4n) is 1.18. The maximum absolute atomic E-state index is 10.5. The number of benzene rings is 1. The monoisotopic (exact) mass is 162 g/mol. The Morgan fingerprint density at radius 3 is 2.25 bits per heavy atom. The molecule has 0 saturated carbocycles. The predicted molar refractivity (Wildman–Crippen MR) is 50.1 cm³/mol. The van der Waals surface area contributed by atoms with E-state index in [1.165, 1.54) is 5.56 Å². The highest BCUT2D eigenvalue weighted by Gasteiger charge is 2.11. The molecule has 0 fully saturated rings. The maximum atomic E-state index is 10.5. The van der Waals surface area contributed by atoms with Gasteiger partial charge in [-0.05, 0) is 11.5 Å². The zero-order valence-corrected chi connectivity index (χ0v) is 7.53. The van der Waals surface area contributed by atoms with Gasteiger partial charge in [-0.1, -0.05) is 44.2 Å². The zero-order chi connectivity index (χ0) is 8.97. The average Bonchev–Trinajstić information content (AvgIpc) is 2.17. The molecule has 0 bridgehead atoms. The van der Waals surface area contributed by atoms with Crippen LogP contribution in [0.1, 0.15) is 25.3 Å². The molecule has 0 spiro atoms. The van der Waals surface area contributed by atoms with Gasteiger partial charge < -0.3 is 4.79 Å². The molecule has 1 rings (SSSR count). The van der Waals surface area contributed by atoms with Crippen molar-refractivity contribution < 1.29 is 4.79 Å². The largest absolute Gasteiger partial charge is 0.303 e. The van der Waals surface area contributed by atoms with E-state index in [0.29, 0.717) is 5.92 Å². The van der Waals surface area contributed by atoms with Crippen LogP contribution >= 0.6 is 0 Å². The van der Waals surface area contributed by atoms with E-state index in [0.717, 1.165) is 6.29 Å². The van der Waals surface area contributed by atoms with E-state index in [1.54, 1.807) is 0 Å². The van der Waals surface area contributed by atoms with Crippen molar-refractivity contribution in [3.05, 3.63) is 35.9 Å². The van der Waals surface area contributed by atoms with Gasteiger partial charge in [-0.2, -0.15) is 0 Å². The minimum Gasteiger partial charge on any atom is -0.303 e. The quantitative estimate of drug-likeness (QED) is 0.624. The minimum absolute atomic E-state index is 0.104. The SMILES string of the molecule is C[C@H](C=O)[C@@H](C)c1ccccc1. The molecule has 2 atom stereocenters. The fraction of sp³-hybridized carbons (Fsp3) is 0.364. The van der Waals surface area contributed by atoms with E-state index >= 15 is 0 Å². The van der Waals surface area contributed by atoms with Crippen molar-refractivity contribution in [3.8, 4) is 0 Å². The Hall–Kier alpha value is -1.11. The van der Waals surface area contributed by atoms with Gasteiger partial charge in [-0.3, -0.25) is 0 Å². The van der Waals surface area contributed by atoms with Crippen LogP contribution in [0, 0.1) is 5.92 Å². The molecule has 0 heterocycles. The van der Waals surface area contributed by atoms with Gasteiger partial charge in [0.05, 0.1) is 0 Å². The van der Waals surface area contributed by atoms with Crippen LogP contribution in [0.5, 0.6) is 0 Å². The van der Waals surface area contributed by atoms with Crippen LogP contribution in [0.15, 0.2) is 30.3 Å². The molecule has 1 aromatic rings. The van der Waals surface area contributed by atoms with E-state index in [1.807, 2.05) is 25.1 Å². The molecule has 1 aromatic carbocycles. The summed E-state index contributed by atoms with van der Waals surface area (Å²) in [5.74, 6) is 0.427. The third-order valence-electron chi connectivity index (χ3n) is 2.33. The lowest BCUT2D eigenvalue weighted by Crippen LogP contribution is -2.06. The second-order valence-corrected chi connectivity index (χ2v) is 3.19. The fourth-order valence-corrected chi connectivity index (χ4v) is 1.18. The molecule has 0 amide bonds. The summed E-state index contributed by atoms with van der Waals surface area (Å²) in [4.78, 5) is 10.5. The lowest BCUT2D eigenvalue weighted by molar-refractivity contribution is -0.111. The Morgan fingerprint density at radius 1 is 1.17 bits per heavy atom. The highest BCUT2D eigenvalue weighted by Crippen LogP contribution is 2.21. The molecular formula is C11H14O. The van der Waals surface area contributed by atoms with Crippen molar-refractivity contribution in [2.75, 3.05) is 0 Å². The summed E-state index contributed by atoms with van der Waals surface area (Å²) >= 11 is 0. The van der Waals surface area contributed by atoms with E-state index in [4.69, 9.17) is 0 Å². The summed E-state index contributed by atoms with van der Waals surface area (Å²) in [5, 5.41) is 0. The van der Waals surface area contributed by atoms with Crippen LogP contribution in [0.25, 0.3) is 0 Å². The summed E-state index contributed by atoms with van der Waals surface area (Å²) in [7, 11) is 0. The Kier molecular flexibility index (Phi) is 3.03. The number of rotatable bonds is 3. The zero-order valence-electron chi connectivity index (χ0n) is 7.53. The molecule has 0 aliphatic heterocycles. The first kappa shape index (κ1) is 8.98. The second-order valence-electron chi connectivity index (χ2n) is 3.19. The second kappa shape index (κ2) is 4.05. The van der Waals surface area contributed by atoms with Crippen LogP contribution in [-0.4, -0.2) is 6.29 Å². The smallest absolute Gasteiger partial charge is 0.123 e. The number of carbonyl (C=O) groups excluding carboxylic acids is 1. The molecule has 0 aliphatic rings. The van der Waals surface area contributed by atoms with E-state index in [-0.39, 0.29) is 5.92 Å². The van der Waals surface area contributed by atoms with Crippen LogP contribution in [0.4, 0.5) is 0 Å². The lowest BCUT2D eigenvalue weighted by atomic mass is 9.90. The third-order valence-corrected chi connectivity index (χ3v) is 2.33. The molecule has 0 N–H and O–H groups in total. The van der Waals surface area contributed by atoms with Crippen LogP contribution in [-0.2, 0) is 4.79 Å². The van der Waals surface area contributed by atoms with E-state index in [2.05, 4.69) is 19.1 Å². The number of hydrogen-bond acceptors (Lipinski definition) is 1. The molecule has 0 aliphatic carbocycles. The molecule has 1 nitrogen and oxygen atoms in total. The normalized spacial score (nSPS) is 15.2. The molecule has 64 valence electrons.